The summed E-state index contributed by atoms with van der Waals surface area (Å²) in [6.07, 6.45) is 3.15. The minimum Gasteiger partial charge on any atom is -0.493 e. The first-order chi connectivity index (χ1) is 18.7. The van der Waals surface area contributed by atoms with Crippen LogP contribution in [0.25, 0.3) is 44.3 Å². The Morgan fingerprint density at radius 1 is 1.03 bits per heavy atom. The number of hydrogen-bond acceptors (Lipinski definition) is 6. The third-order valence-electron chi connectivity index (χ3n) is 6.97. The van der Waals surface area contributed by atoms with Crippen LogP contribution in [0.5, 0.6) is 5.75 Å². The fourth-order valence-corrected chi connectivity index (χ4v) is 5.40. The lowest BCUT2D eigenvalue weighted by Gasteiger charge is -2.29. The molecule has 0 saturated heterocycles. The number of pyridine rings is 3. The first-order valence-corrected chi connectivity index (χ1v) is 13.0. The molecule has 6 rings (SSSR count). The zero-order valence-electron chi connectivity index (χ0n) is 22.4. The normalized spacial score (nSPS) is 13.8. The Kier molecular flexibility index (Phi) is 6.03. The van der Waals surface area contributed by atoms with E-state index in [-0.39, 0.29) is 0 Å². The highest BCUT2D eigenvalue weighted by Gasteiger charge is 2.33. The Morgan fingerprint density at radius 3 is 2.62 bits per heavy atom. The van der Waals surface area contributed by atoms with E-state index < -0.39 is 17.7 Å². The van der Waals surface area contributed by atoms with Crippen molar-refractivity contribution < 1.29 is 19.4 Å². The van der Waals surface area contributed by atoms with E-state index in [0.717, 1.165) is 67.6 Å². The van der Waals surface area contributed by atoms with E-state index in [0.29, 0.717) is 12.2 Å². The fourth-order valence-electron chi connectivity index (χ4n) is 5.40. The minimum atomic E-state index is -1.19. The van der Waals surface area contributed by atoms with E-state index in [1.165, 1.54) is 0 Å². The van der Waals surface area contributed by atoms with Crippen molar-refractivity contribution in [2.24, 2.45) is 0 Å². The van der Waals surface area contributed by atoms with Gasteiger partial charge in [-0.25, -0.2) is 9.78 Å². The first kappa shape index (κ1) is 24.9. The summed E-state index contributed by atoms with van der Waals surface area (Å²) in [6.45, 7) is 8.12. The molecule has 1 N–H and O–H groups in total. The van der Waals surface area contributed by atoms with Gasteiger partial charge in [0.05, 0.1) is 34.6 Å². The predicted octanol–water partition coefficient (Wildman–Crippen LogP) is 6.70. The molecule has 0 bridgehead atoms. The summed E-state index contributed by atoms with van der Waals surface area (Å²) >= 11 is 0. The highest BCUT2D eigenvalue weighted by atomic mass is 16.5. The third kappa shape index (κ3) is 4.49. The number of carboxylic acid groups (broad SMARTS) is 1. The molecule has 1 aliphatic rings. The van der Waals surface area contributed by atoms with Crippen molar-refractivity contribution in [2.75, 3.05) is 6.61 Å². The second-order valence-corrected chi connectivity index (χ2v) is 10.8. The summed E-state index contributed by atoms with van der Waals surface area (Å²) in [5.74, 6) is -0.261. The van der Waals surface area contributed by atoms with Gasteiger partial charge < -0.3 is 14.6 Å². The predicted molar refractivity (Wildman–Crippen MR) is 151 cm³/mol. The molecular formula is C32H29N3O4. The van der Waals surface area contributed by atoms with Crippen LogP contribution in [0.15, 0.2) is 67.0 Å². The van der Waals surface area contributed by atoms with Gasteiger partial charge in [-0.1, -0.05) is 6.07 Å². The largest absolute Gasteiger partial charge is 0.493 e. The van der Waals surface area contributed by atoms with Crippen LogP contribution >= 0.6 is 0 Å². The quantitative estimate of drug-likeness (QED) is 0.276. The Morgan fingerprint density at radius 2 is 1.87 bits per heavy atom. The lowest BCUT2D eigenvalue weighted by Crippen LogP contribution is -2.28. The molecule has 1 unspecified atom stereocenters. The molecule has 0 amide bonds. The minimum absolute atomic E-state index is 0.594. The molecule has 1 aliphatic heterocycles. The van der Waals surface area contributed by atoms with Gasteiger partial charge in [-0.15, -0.1) is 0 Å². The maximum atomic E-state index is 12.7. The highest BCUT2D eigenvalue weighted by Crippen LogP contribution is 2.45. The number of carboxylic acids is 1. The number of fused-ring (bicyclic) bond motifs is 1. The average molecular weight is 520 g/mol. The number of aromatic nitrogens is 3. The van der Waals surface area contributed by atoms with E-state index >= 15 is 0 Å². The van der Waals surface area contributed by atoms with E-state index in [1.807, 2.05) is 88.5 Å². The number of hydrogen-bond donors (Lipinski definition) is 1. The maximum Gasteiger partial charge on any atom is 0.337 e. The summed E-state index contributed by atoms with van der Waals surface area (Å²) in [7, 11) is 0. The molecule has 1 atom stereocenters. The van der Waals surface area contributed by atoms with E-state index in [4.69, 9.17) is 19.4 Å². The van der Waals surface area contributed by atoms with Crippen LogP contribution in [0.4, 0.5) is 0 Å². The highest BCUT2D eigenvalue weighted by molar-refractivity contribution is 6.08. The van der Waals surface area contributed by atoms with Crippen molar-refractivity contribution in [3.05, 3.63) is 83.7 Å². The lowest BCUT2D eigenvalue weighted by atomic mass is 9.86. The van der Waals surface area contributed by atoms with Crippen LogP contribution in [0, 0.1) is 6.92 Å². The molecule has 3 aromatic heterocycles. The summed E-state index contributed by atoms with van der Waals surface area (Å²) in [4.78, 5) is 26.9. The molecular weight excluding hydrogens is 490 g/mol. The molecule has 7 nitrogen and oxygen atoms in total. The smallest absolute Gasteiger partial charge is 0.337 e. The summed E-state index contributed by atoms with van der Waals surface area (Å²) in [5, 5.41) is 12.2. The Labute approximate surface area is 226 Å². The Balaban J connectivity index is 1.70. The van der Waals surface area contributed by atoms with Gasteiger partial charge in [0, 0.05) is 40.7 Å². The number of carbonyl (C=O) groups is 1. The van der Waals surface area contributed by atoms with E-state index in [9.17, 15) is 9.90 Å². The second kappa shape index (κ2) is 9.43. The number of aliphatic carboxylic acids is 1. The summed E-state index contributed by atoms with van der Waals surface area (Å²) in [6, 6.07) is 17.5. The standard InChI is InChI=1S/C32H29N3O4/c1-18-17-24-20(8-10-23(35-24)22-7-5-6-14-33-22)28(26(18)30(31(36)37)39-32(2,3)4)21-9-11-25-27-19(13-16-38-25)12-15-34-29(21)27/h5-12,14-15,17,30H,13,16H2,1-4H3,(H,36,37). The van der Waals surface area contributed by atoms with Crippen molar-refractivity contribution >= 4 is 27.8 Å². The van der Waals surface area contributed by atoms with E-state index in [2.05, 4.69) is 4.98 Å². The molecule has 0 aliphatic carbocycles. The van der Waals surface area contributed by atoms with Crippen molar-refractivity contribution in [3.63, 3.8) is 0 Å². The average Bonchev–Trinajstić information content (AvgIpc) is 2.91. The van der Waals surface area contributed by atoms with Gasteiger partial charge in [0.25, 0.3) is 0 Å². The molecule has 39 heavy (non-hydrogen) atoms. The second-order valence-electron chi connectivity index (χ2n) is 10.8. The van der Waals surface area contributed by atoms with Gasteiger partial charge in [0.15, 0.2) is 6.10 Å². The van der Waals surface area contributed by atoms with Crippen LogP contribution in [0.1, 0.15) is 43.6 Å². The monoisotopic (exact) mass is 519 g/mol. The van der Waals surface area contributed by atoms with Crippen LogP contribution < -0.4 is 4.74 Å². The van der Waals surface area contributed by atoms with Crippen molar-refractivity contribution in [1.82, 2.24) is 15.0 Å². The fraction of sp³-hybridized carbons (Fsp3) is 0.250. The van der Waals surface area contributed by atoms with Gasteiger partial charge in [-0.3, -0.25) is 9.97 Å². The maximum absolute atomic E-state index is 12.7. The molecule has 0 radical (unpaired) electrons. The van der Waals surface area contributed by atoms with Crippen LogP contribution in [0.2, 0.25) is 0 Å². The van der Waals surface area contributed by atoms with E-state index in [1.54, 1.807) is 6.20 Å². The number of aryl methyl sites for hydroxylation is 1. The lowest BCUT2D eigenvalue weighted by molar-refractivity contribution is -0.160. The van der Waals surface area contributed by atoms with Gasteiger partial charge in [0.1, 0.15) is 5.75 Å². The molecule has 7 heteroatoms. The molecule has 0 spiro atoms. The molecule has 196 valence electrons. The Hall–Kier alpha value is -4.36. The molecule has 2 aromatic carbocycles. The molecule has 4 heterocycles. The van der Waals surface area contributed by atoms with Gasteiger partial charge in [-0.05, 0) is 92.9 Å². The summed E-state index contributed by atoms with van der Waals surface area (Å²) in [5.41, 5.74) is 6.44. The van der Waals surface area contributed by atoms with Crippen molar-refractivity contribution in [2.45, 2.75) is 45.8 Å². The number of rotatable bonds is 5. The number of ether oxygens (including phenoxy) is 2. The number of benzene rings is 2. The topological polar surface area (TPSA) is 94.4 Å². The van der Waals surface area contributed by atoms with Crippen LogP contribution in [-0.4, -0.2) is 38.2 Å². The first-order valence-electron chi connectivity index (χ1n) is 13.0. The summed E-state index contributed by atoms with van der Waals surface area (Å²) < 4.78 is 12.2. The van der Waals surface area contributed by atoms with Crippen LogP contribution in [0.3, 0.4) is 0 Å². The zero-order chi connectivity index (χ0) is 27.3. The van der Waals surface area contributed by atoms with Gasteiger partial charge >= 0.3 is 5.97 Å². The molecule has 5 aromatic rings. The zero-order valence-corrected chi connectivity index (χ0v) is 22.4. The van der Waals surface area contributed by atoms with Crippen LogP contribution in [-0.2, 0) is 16.0 Å². The third-order valence-corrected chi connectivity index (χ3v) is 6.97. The van der Waals surface area contributed by atoms with Crippen molar-refractivity contribution in [1.29, 1.82) is 0 Å². The van der Waals surface area contributed by atoms with Crippen molar-refractivity contribution in [3.8, 4) is 28.3 Å². The van der Waals surface area contributed by atoms with Gasteiger partial charge in [-0.2, -0.15) is 0 Å². The number of nitrogens with zero attached hydrogens (tertiary/aromatic N) is 3. The molecule has 0 saturated carbocycles. The Bertz CT molecular complexity index is 1730. The SMILES string of the molecule is Cc1cc2nc(-c3ccccn3)ccc2c(-c2ccc3c4c(ccnc24)CCO3)c1C(OC(C)(C)C)C(=O)O. The van der Waals surface area contributed by atoms with Gasteiger partial charge in [0.2, 0.25) is 0 Å². The molecule has 0 fully saturated rings.